The van der Waals surface area contributed by atoms with E-state index in [2.05, 4.69) is 0 Å². The number of para-hydroxylation sites is 1. The van der Waals surface area contributed by atoms with Gasteiger partial charge in [0, 0.05) is 0 Å². The quantitative estimate of drug-likeness (QED) is 0.497. The molecule has 0 aliphatic heterocycles. The van der Waals surface area contributed by atoms with Gasteiger partial charge in [0.25, 0.3) is 5.06 Å². The minimum absolute atomic E-state index is 0.138. The zero-order valence-corrected chi connectivity index (χ0v) is 15.3. The van der Waals surface area contributed by atoms with Crippen LogP contribution in [0.15, 0.2) is 30.3 Å². The largest absolute Gasteiger partial charge is 0.465 e. The molecule has 1 unspecified atom stereocenters. The van der Waals surface area contributed by atoms with E-state index in [1.54, 1.807) is 30.3 Å². The molecular weight excluding hydrogens is 332 g/mol. The van der Waals surface area contributed by atoms with Crippen molar-refractivity contribution in [3.05, 3.63) is 30.3 Å². The van der Waals surface area contributed by atoms with Gasteiger partial charge in [-0.2, -0.15) is 0 Å². The Balaban J connectivity index is 2.84. The molecule has 0 N–H and O–H groups in total. The fourth-order valence-corrected chi connectivity index (χ4v) is 1.92. The van der Waals surface area contributed by atoms with Crippen LogP contribution in [-0.2, 0) is 19.1 Å². The van der Waals surface area contributed by atoms with Crippen LogP contribution in [0.2, 0.25) is 0 Å². The molecule has 0 bridgehead atoms. The van der Waals surface area contributed by atoms with Gasteiger partial charge in [-0.1, -0.05) is 57.5 Å². The number of ether oxygens (including phenoxy) is 3. The molecule has 0 aliphatic rings. The van der Waals surface area contributed by atoms with Gasteiger partial charge < -0.3 is 14.2 Å². The lowest BCUT2D eigenvalue weighted by molar-refractivity contribution is -0.163. The van der Waals surface area contributed by atoms with E-state index in [1.165, 1.54) is 0 Å². The van der Waals surface area contributed by atoms with Crippen LogP contribution >= 0.6 is 11.6 Å². The smallest absolute Gasteiger partial charge is 0.367 e. The molecular formula is C18H25ClO5. The van der Waals surface area contributed by atoms with Gasteiger partial charge in [0.2, 0.25) is 0 Å². The molecule has 24 heavy (non-hydrogen) atoms. The molecule has 1 rings (SSSR count). The highest BCUT2D eigenvalue weighted by atomic mass is 35.5. The summed E-state index contributed by atoms with van der Waals surface area (Å²) in [6.07, 6.45) is -0.437. The number of rotatable bonds is 9. The summed E-state index contributed by atoms with van der Waals surface area (Å²) in [6, 6.07) is 8.57. The molecule has 0 aromatic heterocycles. The predicted octanol–water partition coefficient (Wildman–Crippen LogP) is 3.79. The normalized spacial score (nSPS) is 13.5. The second-order valence-electron chi connectivity index (χ2n) is 6.39. The third-order valence-corrected chi connectivity index (χ3v) is 3.19. The summed E-state index contributed by atoms with van der Waals surface area (Å²) in [6.45, 7) is 8.07. The highest BCUT2D eigenvalue weighted by Crippen LogP contribution is 2.28. The van der Waals surface area contributed by atoms with Crippen molar-refractivity contribution < 1.29 is 23.8 Å². The Morgan fingerprint density at radius 3 is 2.08 bits per heavy atom. The minimum Gasteiger partial charge on any atom is -0.465 e. The van der Waals surface area contributed by atoms with E-state index in [1.807, 2.05) is 27.7 Å². The van der Waals surface area contributed by atoms with Crippen LogP contribution in [0.3, 0.4) is 0 Å². The fraction of sp³-hybridized carbons (Fsp3) is 0.556. The number of carbonyl (C=O) groups excluding carboxylic acids is 2. The van der Waals surface area contributed by atoms with Gasteiger partial charge in [-0.05, 0) is 24.0 Å². The predicted molar refractivity (Wildman–Crippen MR) is 91.9 cm³/mol. The SMILES string of the molecule is CC(C)COC(=O)CC(Cl)(Oc1ccccc1)C(=O)OCC(C)C. The number of hydrogen-bond donors (Lipinski definition) is 0. The summed E-state index contributed by atoms with van der Waals surface area (Å²) in [5, 5.41) is -1.95. The molecule has 5 nitrogen and oxygen atoms in total. The van der Waals surface area contributed by atoms with Crippen molar-refractivity contribution >= 4 is 23.5 Å². The van der Waals surface area contributed by atoms with Crippen molar-refractivity contribution in [3.8, 4) is 5.75 Å². The van der Waals surface area contributed by atoms with Crippen molar-refractivity contribution in [2.24, 2.45) is 11.8 Å². The second kappa shape index (κ2) is 9.52. The summed E-state index contributed by atoms with van der Waals surface area (Å²) < 4.78 is 15.8. The van der Waals surface area contributed by atoms with Crippen LogP contribution in [-0.4, -0.2) is 30.2 Å². The summed E-state index contributed by atoms with van der Waals surface area (Å²) in [4.78, 5) is 24.4. The maximum atomic E-state index is 12.4. The standard InChI is InChI=1S/C18H25ClO5/c1-13(2)11-22-16(20)10-18(19,17(21)23-12-14(3)4)24-15-8-6-5-7-9-15/h5-9,13-14H,10-12H2,1-4H3. The zero-order chi connectivity index (χ0) is 18.2. The first-order chi connectivity index (χ1) is 11.2. The van der Waals surface area contributed by atoms with Crippen molar-refractivity contribution in [1.29, 1.82) is 0 Å². The molecule has 0 saturated carbocycles. The summed E-state index contributed by atoms with van der Waals surface area (Å²) in [5.41, 5.74) is 0. The Kier molecular flexibility index (Phi) is 8.05. The van der Waals surface area contributed by atoms with E-state index in [0.717, 1.165) is 0 Å². The Morgan fingerprint density at radius 1 is 1.00 bits per heavy atom. The lowest BCUT2D eigenvalue weighted by Gasteiger charge is -2.26. The first kappa shape index (κ1) is 20.3. The molecule has 1 aromatic carbocycles. The van der Waals surface area contributed by atoms with Crippen molar-refractivity contribution in [2.75, 3.05) is 13.2 Å². The fourth-order valence-electron chi connectivity index (χ4n) is 1.67. The topological polar surface area (TPSA) is 61.8 Å². The zero-order valence-electron chi connectivity index (χ0n) is 14.6. The highest BCUT2D eigenvalue weighted by Gasteiger charge is 2.44. The van der Waals surface area contributed by atoms with Gasteiger partial charge in [-0.3, -0.25) is 4.79 Å². The highest BCUT2D eigenvalue weighted by molar-refractivity contribution is 6.34. The average molecular weight is 357 g/mol. The van der Waals surface area contributed by atoms with Crippen molar-refractivity contribution in [3.63, 3.8) is 0 Å². The average Bonchev–Trinajstić information content (AvgIpc) is 2.51. The molecule has 0 saturated heterocycles. The van der Waals surface area contributed by atoms with Gasteiger partial charge in [0.15, 0.2) is 0 Å². The van der Waals surface area contributed by atoms with E-state index in [-0.39, 0.29) is 25.0 Å². The molecule has 0 radical (unpaired) electrons. The molecule has 0 heterocycles. The Morgan fingerprint density at radius 2 is 1.54 bits per heavy atom. The monoisotopic (exact) mass is 356 g/mol. The summed E-state index contributed by atoms with van der Waals surface area (Å²) in [7, 11) is 0. The van der Waals surface area contributed by atoms with E-state index >= 15 is 0 Å². The van der Waals surface area contributed by atoms with Gasteiger partial charge in [0.05, 0.1) is 13.2 Å². The molecule has 1 atom stereocenters. The molecule has 134 valence electrons. The van der Waals surface area contributed by atoms with Crippen molar-refractivity contribution in [2.45, 2.75) is 39.2 Å². The first-order valence-electron chi connectivity index (χ1n) is 7.98. The Labute approximate surface area is 148 Å². The van der Waals surface area contributed by atoms with Gasteiger partial charge in [0.1, 0.15) is 12.2 Å². The van der Waals surface area contributed by atoms with Crippen LogP contribution in [0.4, 0.5) is 0 Å². The van der Waals surface area contributed by atoms with Crippen LogP contribution in [0, 0.1) is 11.8 Å². The maximum Gasteiger partial charge on any atom is 0.367 e. The third kappa shape index (κ3) is 7.21. The van der Waals surface area contributed by atoms with Gasteiger partial charge in [-0.25, -0.2) is 4.79 Å². The number of esters is 2. The summed E-state index contributed by atoms with van der Waals surface area (Å²) in [5.74, 6) is -0.730. The van der Waals surface area contributed by atoms with Crippen LogP contribution < -0.4 is 4.74 Å². The number of halogens is 1. The van der Waals surface area contributed by atoms with E-state index in [9.17, 15) is 9.59 Å². The second-order valence-corrected chi connectivity index (χ2v) is 7.00. The van der Waals surface area contributed by atoms with Crippen molar-refractivity contribution in [1.82, 2.24) is 0 Å². The molecule has 6 heteroatoms. The van der Waals surface area contributed by atoms with E-state index in [0.29, 0.717) is 5.75 Å². The van der Waals surface area contributed by atoms with Crippen LogP contribution in [0.25, 0.3) is 0 Å². The van der Waals surface area contributed by atoms with E-state index in [4.69, 9.17) is 25.8 Å². The van der Waals surface area contributed by atoms with Crippen LogP contribution in [0.1, 0.15) is 34.1 Å². The minimum atomic E-state index is -1.95. The third-order valence-electron chi connectivity index (χ3n) is 2.82. The Bertz CT molecular complexity index is 529. The number of carbonyl (C=O) groups is 2. The molecule has 0 spiro atoms. The molecule has 0 fully saturated rings. The number of alkyl halides is 1. The Hall–Kier alpha value is -1.75. The van der Waals surface area contributed by atoms with E-state index < -0.39 is 23.4 Å². The lowest BCUT2D eigenvalue weighted by atomic mass is 10.2. The summed E-state index contributed by atoms with van der Waals surface area (Å²) >= 11 is 6.32. The lowest BCUT2D eigenvalue weighted by Crippen LogP contribution is -2.43. The van der Waals surface area contributed by atoms with Crippen LogP contribution in [0.5, 0.6) is 5.75 Å². The van der Waals surface area contributed by atoms with Gasteiger partial charge in [-0.15, -0.1) is 0 Å². The maximum absolute atomic E-state index is 12.4. The van der Waals surface area contributed by atoms with Gasteiger partial charge >= 0.3 is 11.9 Å². The number of benzene rings is 1. The molecule has 1 aromatic rings. The first-order valence-corrected chi connectivity index (χ1v) is 8.36. The number of hydrogen-bond acceptors (Lipinski definition) is 5. The molecule has 0 aliphatic carbocycles. The molecule has 0 amide bonds.